The number of aryl methyl sites for hydroxylation is 4. The summed E-state index contributed by atoms with van der Waals surface area (Å²) in [6.45, 7) is 42.5. The fourth-order valence-electron chi connectivity index (χ4n) is 9.37. The number of hydrogen-bond acceptors (Lipinski definition) is 0. The number of hydrogen-bond donors (Lipinski definition) is 0. The first kappa shape index (κ1) is 86.4. The summed E-state index contributed by atoms with van der Waals surface area (Å²) < 4.78 is 0. The zero-order valence-electron chi connectivity index (χ0n) is 57.8. The van der Waals surface area contributed by atoms with Crippen molar-refractivity contribution < 1.29 is 52.4 Å². The summed E-state index contributed by atoms with van der Waals surface area (Å²) >= 11 is 0. The zero-order chi connectivity index (χ0) is 66.3. The van der Waals surface area contributed by atoms with Crippen LogP contribution in [0.15, 0.2) is 243 Å². The molecule has 484 valence electrons. The van der Waals surface area contributed by atoms with Gasteiger partial charge in [-0.3, -0.25) is 0 Å². The van der Waals surface area contributed by atoms with Crippen LogP contribution in [0.4, 0.5) is 0 Å². The first-order valence-electron chi connectivity index (χ1n) is 32.6. The van der Waals surface area contributed by atoms with Crippen molar-refractivity contribution >= 4 is 63.6 Å². The van der Waals surface area contributed by atoms with Crippen LogP contribution in [-0.4, -0.2) is 20.5 Å². The molecule has 0 amide bonds. The van der Waals surface area contributed by atoms with Crippen molar-refractivity contribution in [1.82, 2.24) is 0 Å². The molecule has 4 heteroatoms. The normalized spacial score (nSPS) is 9.54. The monoisotopic (exact) mass is 1400 g/mol. The standard InChI is InChI=1S/4C16H13.C6H12.4C4H9.2CH3Si.2Zr/c4*1-12-10-14-8-5-9-15(16(14)11-12)13-6-3-2-4-7-13;1-3-5-6-4-2;4*1-3-4-2;2*1-2;;/h4*2-11H,1H3;1-6H2;4*1,3-4H2,2H3;2*1H3;;/q4*-1;-2;4*-1;;;;. The van der Waals surface area contributed by atoms with Crippen molar-refractivity contribution in [2.24, 2.45) is 0 Å². The third-order valence-corrected chi connectivity index (χ3v) is 14.1. The molecular weight excluding hydrogens is 1300 g/mol. The molecule has 0 aliphatic heterocycles. The average Bonchev–Trinajstić information content (AvgIpc) is 1.74. The van der Waals surface area contributed by atoms with Gasteiger partial charge in [0.1, 0.15) is 0 Å². The topological polar surface area (TPSA) is 0 Å². The van der Waals surface area contributed by atoms with E-state index in [0.29, 0.717) is 0 Å². The maximum atomic E-state index is 3.70. The molecule has 92 heavy (non-hydrogen) atoms. The van der Waals surface area contributed by atoms with Crippen molar-refractivity contribution in [3.05, 3.63) is 306 Å². The van der Waals surface area contributed by atoms with E-state index in [2.05, 4.69) is 360 Å². The molecule has 0 nitrogen and oxygen atoms in total. The second-order valence-corrected chi connectivity index (χ2v) is 21.7. The molecule has 0 N–H and O–H groups in total. The molecule has 6 radical (unpaired) electrons. The van der Waals surface area contributed by atoms with Crippen LogP contribution < -0.4 is 0 Å². The number of rotatable bonds is 11. The summed E-state index contributed by atoms with van der Waals surface area (Å²) in [6, 6.07) is 86.2. The average molecular weight is 1400 g/mol. The van der Waals surface area contributed by atoms with Gasteiger partial charge in [0.05, 0.1) is 0 Å². The van der Waals surface area contributed by atoms with E-state index in [1.54, 1.807) is 13.1 Å². The van der Waals surface area contributed by atoms with Crippen molar-refractivity contribution in [1.29, 1.82) is 0 Å². The van der Waals surface area contributed by atoms with Gasteiger partial charge >= 0.3 is 0 Å². The van der Waals surface area contributed by atoms with Crippen molar-refractivity contribution in [2.45, 2.75) is 146 Å². The Labute approximate surface area is 607 Å². The first-order valence-corrected chi connectivity index (χ1v) is 34.6. The summed E-state index contributed by atoms with van der Waals surface area (Å²) in [4.78, 5) is 0. The first-order chi connectivity index (χ1) is 43.9. The van der Waals surface area contributed by atoms with Crippen LogP contribution >= 0.6 is 0 Å². The Morgan fingerprint density at radius 3 is 0.587 bits per heavy atom. The quantitative estimate of drug-likeness (QED) is 0.0688. The van der Waals surface area contributed by atoms with E-state index in [0.717, 1.165) is 38.5 Å². The molecule has 0 aliphatic carbocycles. The predicted molar refractivity (Wildman–Crippen MR) is 412 cm³/mol. The molecule has 0 bridgehead atoms. The van der Waals surface area contributed by atoms with E-state index >= 15 is 0 Å². The summed E-state index contributed by atoms with van der Waals surface area (Å²) in [5, 5.41) is 10.7. The Morgan fingerprint density at radius 1 is 0.261 bits per heavy atom. The van der Waals surface area contributed by atoms with Crippen LogP contribution in [0.2, 0.25) is 13.1 Å². The second-order valence-electron chi connectivity index (χ2n) is 21.7. The Kier molecular flexibility index (Phi) is 50.5. The molecule has 0 fully saturated rings. The smallest absolute Gasteiger partial charge is 0.0184 e. The van der Waals surface area contributed by atoms with Gasteiger partial charge in [-0.15, -0.1) is 138 Å². The van der Waals surface area contributed by atoms with Crippen molar-refractivity contribution in [2.75, 3.05) is 0 Å². The Hall–Kier alpha value is -5.60. The van der Waals surface area contributed by atoms with Crippen LogP contribution in [-0.2, 0) is 52.4 Å². The predicted octanol–water partition coefficient (Wildman–Crippen LogP) is 27.2. The number of fused-ring (bicyclic) bond motifs is 4. The van der Waals surface area contributed by atoms with Gasteiger partial charge in [-0.2, -0.15) is 62.8 Å². The number of unbranched alkanes of at least 4 members (excludes halogenated alkanes) is 7. The SMILES string of the molecule is C[Si].C[Si].Cc1cc2c(-c3ccccc3)cccc2[cH-]1.Cc1cc2c(-c3ccccc3)cccc2[cH-]1.Cc1cc2c(-c3ccccc3)cccc2[cH-]1.Cc1cc2c(-c3ccccc3)cccc2[cH-]1.[CH2-]CCC.[CH2-]CCC.[CH2-]CCC.[CH2-]CCC.[CH2-]CCCC[CH2-].[Zr].[Zr]. The van der Waals surface area contributed by atoms with Crippen molar-refractivity contribution in [3.63, 3.8) is 0 Å². The third kappa shape index (κ3) is 31.1. The van der Waals surface area contributed by atoms with Gasteiger partial charge in [-0.25, -0.2) is 0 Å². The molecule has 0 saturated carbocycles. The molecule has 0 aliphatic rings. The van der Waals surface area contributed by atoms with Crippen LogP contribution in [0, 0.1) is 69.2 Å². The van der Waals surface area contributed by atoms with Gasteiger partial charge in [-0.1, -0.05) is 275 Å². The molecule has 0 unspecified atom stereocenters. The molecule has 0 aromatic heterocycles. The minimum atomic E-state index is 0. The van der Waals surface area contributed by atoms with E-state index in [1.165, 1.54) is 148 Å². The molecular formula is C88H106Si2Zr2-10. The molecule has 12 aromatic rings. The van der Waals surface area contributed by atoms with E-state index < -0.39 is 0 Å². The van der Waals surface area contributed by atoms with Crippen LogP contribution in [0.3, 0.4) is 0 Å². The van der Waals surface area contributed by atoms with Gasteiger partial charge in [0, 0.05) is 72.9 Å². The largest absolute Gasteiger partial charge is 0.343 e. The van der Waals surface area contributed by atoms with Crippen molar-refractivity contribution in [3.8, 4) is 44.5 Å². The fourth-order valence-corrected chi connectivity index (χ4v) is 9.37. The number of benzene rings is 8. The van der Waals surface area contributed by atoms with Gasteiger partial charge in [0.15, 0.2) is 0 Å². The summed E-state index contributed by atoms with van der Waals surface area (Å²) in [5.74, 6) is 0. The Morgan fingerprint density at radius 2 is 0.435 bits per heavy atom. The fraction of sp³-hybridized carbons (Fsp3) is 0.250. The third-order valence-electron chi connectivity index (χ3n) is 14.1. The second kappa shape index (κ2) is 53.7. The molecule has 12 rings (SSSR count). The summed E-state index contributed by atoms with van der Waals surface area (Å²) in [7, 11) is 5.94. The molecule has 12 aromatic carbocycles. The van der Waals surface area contributed by atoms with E-state index in [-0.39, 0.29) is 52.4 Å². The van der Waals surface area contributed by atoms with Crippen LogP contribution in [0.5, 0.6) is 0 Å². The van der Waals surface area contributed by atoms with E-state index in [4.69, 9.17) is 0 Å². The van der Waals surface area contributed by atoms with E-state index in [9.17, 15) is 0 Å². The Bertz CT molecular complexity index is 3150. The van der Waals surface area contributed by atoms with E-state index in [1.807, 2.05) is 0 Å². The molecule has 0 atom stereocenters. The van der Waals surface area contributed by atoms with Gasteiger partial charge in [0.25, 0.3) is 0 Å². The Balaban J connectivity index is 0.00000106. The molecule has 0 saturated heterocycles. The molecule has 0 heterocycles. The summed E-state index contributed by atoms with van der Waals surface area (Å²) in [5.41, 5.74) is 15.8. The maximum Gasteiger partial charge on any atom is 0.0184 e. The van der Waals surface area contributed by atoms with Gasteiger partial charge in [0.2, 0.25) is 0 Å². The molecule has 0 spiro atoms. The van der Waals surface area contributed by atoms with Crippen LogP contribution in [0.25, 0.3) is 87.6 Å². The zero-order valence-corrected chi connectivity index (χ0v) is 64.7. The maximum absolute atomic E-state index is 3.70. The minimum Gasteiger partial charge on any atom is -0.343 e. The summed E-state index contributed by atoms with van der Waals surface area (Å²) in [6.07, 6.45) is 13.7. The minimum absolute atomic E-state index is 0. The van der Waals surface area contributed by atoms with Crippen LogP contribution in [0.1, 0.15) is 127 Å². The van der Waals surface area contributed by atoms with Gasteiger partial charge < -0.3 is 41.5 Å². The van der Waals surface area contributed by atoms with Gasteiger partial charge in [-0.05, 0) is 22.3 Å².